The van der Waals surface area contributed by atoms with Crippen molar-refractivity contribution in [3.8, 4) is 0 Å². The van der Waals surface area contributed by atoms with Crippen LogP contribution < -0.4 is 21.3 Å². The van der Waals surface area contributed by atoms with E-state index in [4.69, 9.17) is 22.1 Å². The van der Waals surface area contributed by atoms with E-state index < -0.39 is 6.09 Å². The fraction of sp³-hybridized carbons (Fsp3) is 0.444. The van der Waals surface area contributed by atoms with Gasteiger partial charge in [-0.1, -0.05) is 17.7 Å². The van der Waals surface area contributed by atoms with Crippen LogP contribution in [-0.4, -0.2) is 68.2 Å². The maximum atomic E-state index is 13.0. The summed E-state index contributed by atoms with van der Waals surface area (Å²) in [4.78, 5) is 42.0. The smallest absolute Gasteiger partial charge is 0.411 e. The molecule has 0 spiro atoms. The van der Waals surface area contributed by atoms with Crippen LogP contribution in [0, 0.1) is 0 Å². The Morgan fingerprint density at radius 1 is 0.973 bits per heavy atom. The zero-order valence-electron chi connectivity index (χ0n) is 21.0. The van der Waals surface area contributed by atoms with Crippen LogP contribution in [0.3, 0.4) is 0 Å². The molecule has 2 aromatic carbocycles. The summed E-state index contributed by atoms with van der Waals surface area (Å²) >= 11 is 6.07. The van der Waals surface area contributed by atoms with Crippen LogP contribution in [0.4, 0.5) is 16.2 Å². The molecule has 1 aliphatic carbocycles. The van der Waals surface area contributed by atoms with Gasteiger partial charge in [0.1, 0.15) is 0 Å². The summed E-state index contributed by atoms with van der Waals surface area (Å²) in [5.74, 6) is -0.248. The Morgan fingerprint density at radius 2 is 1.76 bits per heavy atom. The lowest BCUT2D eigenvalue weighted by atomic mass is 9.91. The molecule has 4 rings (SSSR count). The highest BCUT2D eigenvalue weighted by Crippen LogP contribution is 2.29. The average molecular weight is 528 g/mol. The van der Waals surface area contributed by atoms with Gasteiger partial charge in [-0.15, -0.1) is 0 Å². The Labute approximate surface area is 222 Å². The number of nitrogens with two attached hydrogens (primary N) is 1. The first-order chi connectivity index (χ1) is 17.8. The zero-order valence-corrected chi connectivity index (χ0v) is 21.8. The van der Waals surface area contributed by atoms with E-state index >= 15 is 0 Å². The van der Waals surface area contributed by atoms with E-state index in [1.54, 1.807) is 36.4 Å². The third-order valence-electron chi connectivity index (χ3n) is 6.98. The van der Waals surface area contributed by atoms with Crippen molar-refractivity contribution in [2.24, 2.45) is 5.73 Å². The maximum Gasteiger partial charge on any atom is 0.411 e. The number of nitrogens with zero attached hydrogens (tertiary/aromatic N) is 2. The van der Waals surface area contributed by atoms with Crippen molar-refractivity contribution in [1.29, 1.82) is 0 Å². The summed E-state index contributed by atoms with van der Waals surface area (Å²) in [5, 5.41) is 6.37. The summed E-state index contributed by atoms with van der Waals surface area (Å²) in [6.45, 7) is 2.36. The van der Waals surface area contributed by atoms with Crippen LogP contribution in [0.25, 0.3) is 0 Å². The number of hydrogen-bond acceptors (Lipinski definition) is 6. The minimum Gasteiger partial charge on any atom is -0.453 e. The first-order valence-corrected chi connectivity index (χ1v) is 13.1. The molecule has 1 saturated heterocycles. The van der Waals surface area contributed by atoms with Gasteiger partial charge in [0.15, 0.2) is 0 Å². The van der Waals surface area contributed by atoms with Crippen LogP contribution in [0.1, 0.15) is 52.8 Å². The van der Waals surface area contributed by atoms with Gasteiger partial charge in [-0.05, 0) is 68.5 Å². The molecule has 0 unspecified atom stereocenters. The second kappa shape index (κ2) is 12.3. The number of amides is 3. The zero-order chi connectivity index (χ0) is 26.4. The SMILES string of the molecule is COC(=O)Nc1cc(C(=O)NC2CCC(N)CC2)ccc1N1CCCN(C(=O)c2cccc(Cl)c2)CC1. The first kappa shape index (κ1) is 26.8. The summed E-state index contributed by atoms with van der Waals surface area (Å²) in [6, 6.07) is 12.5. The summed E-state index contributed by atoms with van der Waals surface area (Å²) in [5.41, 5.74) is 8.25. The Kier molecular flexibility index (Phi) is 8.89. The molecule has 0 atom stereocenters. The number of methoxy groups -OCH3 is 1. The average Bonchev–Trinajstić information content (AvgIpc) is 3.15. The number of ether oxygens (including phenoxy) is 1. The van der Waals surface area contributed by atoms with E-state index in [1.165, 1.54) is 7.11 Å². The molecule has 4 N–H and O–H groups in total. The minimum atomic E-state index is -0.618. The molecule has 2 aromatic rings. The number of anilines is 2. The predicted molar refractivity (Wildman–Crippen MR) is 144 cm³/mol. The number of hydrogen-bond donors (Lipinski definition) is 3. The topological polar surface area (TPSA) is 117 Å². The molecule has 1 heterocycles. The Hall–Kier alpha value is -3.30. The molecular weight excluding hydrogens is 494 g/mol. The Morgan fingerprint density at radius 3 is 2.49 bits per heavy atom. The molecule has 37 heavy (non-hydrogen) atoms. The standard InChI is InChI=1S/C27H34ClN5O4/c1-37-27(36)31-23-17-18(25(34)30-22-9-7-21(29)8-10-22)6-11-24(23)32-12-3-13-33(15-14-32)26(35)19-4-2-5-20(28)16-19/h2,4-6,11,16-17,21-22H,3,7-10,12-15,29H2,1H3,(H,30,34)(H,31,36). The molecule has 3 amide bonds. The molecule has 0 bridgehead atoms. The molecule has 1 aliphatic heterocycles. The van der Waals surface area contributed by atoms with Crippen LogP contribution in [-0.2, 0) is 4.74 Å². The van der Waals surface area contributed by atoms with Crippen molar-refractivity contribution >= 4 is 40.9 Å². The quantitative estimate of drug-likeness (QED) is 0.543. The number of carbonyl (C=O) groups excluding carboxylic acids is 3. The molecule has 2 aliphatic rings. The third-order valence-corrected chi connectivity index (χ3v) is 7.22. The molecule has 9 nitrogen and oxygen atoms in total. The molecular formula is C27H34ClN5O4. The number of benzene rings is 2. The minimum absolute atomic E-state index is 0.0621. The lowest BCUT2D eigenvalue weighted by molar-refractivity contribution is 0.0766. The fourth-order valence-electron chi connectivity index (χ4n) is 4.91. The molecule has 2 fully saturated rings. The molecule has 1 saturated carbocycles. The highest BCUT2D eigenvalue weighted by Gasteiger charge is 2.24. The highest BCUT2D eigenvalue weighted by atomic mass is 35.5. The monoisotopic (exact) mass is 527 g/mol. The van der Waals surface area contributed by atoms with Gasteiger partial charge < -0.3 is 25.6 Å². The van der Waals surface area contributed by atoms with Crippen LogP contribution >= 0.6 is 11.6 Å². The Bertz CT molecular complexity index is 1140. The van der Waals surface area contributed by atoms with Crippen LogP contribution in [0.5, 0.6) is 0 Å². The van der Waals surface area contributed by atoms with Crippen LogP contribution in [0.2, 0.25) is 5.02 Å². The van der Waals surface area contributed by atoms with Gasteiger partial charge in [0, 0.05) is 54.4 Å². The number of carbonyl (C=O) groups is 3. The van der Waals surface area contributed by atoms with Crippen molar-refractivity contribution in [2.75, 3.05) is 43.5 Å². The van der Waals surface area contributed by atoms with E-state index in [2.05, 4.69) is 15.5 Å². The number of nitrogens with one attached hydrogen (secondary N) is 2. The van der Waals surface area contributed by atoms with Crippen molar-refractivity contribution in [1.82, 2.24) is 10.2 Å². The molecule has 0 aromatic heterocycles. The normalized spacial score (nSPS) is 20.1. The first-order valence-electron chi connectivity index (χ1n) is 12.7. The largest absolute Gasteiger partial charge is 0.453 e. The summed E-state index contributed by atoms with van der Waals surface area (Å²) in [7, 11) is 1.30. The van der Waals surface area contributed by atoms with Gasteiger partial charge >= 0.3 is 6.09 Å². The van der Waals surface area contributed by atoms with Gasteiger partial charge in [-0.3, -0.25) is 14.9 Å². The van der Waals surface area contributed by atoms with Gasteiger partial charge in [0.2, 0.25) is 0 Å². The van der Waals surface area contributed by atoms with Gasteiger partial charge in [-0.25, -0.2) is 4.79 Å². The predicted octanol–water partition coefficient (Wildman–Crippen LogP) is 3.87. The fourth-order valence-corrected chi connectivity index (χ4v) is 5.10. The lowest BCUT2D eigenvalue weighted by Gasteiger charge is -2.28. The second-order valence-electron chi connectivity index (χ2n) is 9.58. The Balaban J connectivity index is 1.48. The van der Waals surface area contributed by atoms with Crippen molar-refractivity contribution in [3.63, 3.8) is 0 Å². The summed E-state index contributed by atoms with van der Waals surface area (Å²) < 4.78 is 4.82. The van der Waals surface area contributed by atoms with E-state index in [0.717, 1.165) is 37.8 Å². The van der Waals surface area contributed by atoms with Crippen molar-refractivity contribution in [3.05, 3.63) is 58.6 Å². The molecule has 10 heteroatoms. The molecule has 198 valence electrons. The summed E-state index contributed by atoms with van der Waals surface area (Å²) in [6.07, 6.45) is 3.63. The lowest BCUT2D eigenvalue weighted by Crippen LogP contribution is -2.40. The maximum absolute atomic E-state index is 13.0. The van der Waals surface area contributed by atoms with Crippen LogP contribution in [0.15, 0.2) is 42.5 Å². The number of rotatable bonds is 5. The van der Waals surface area contributed by atoms with E-state index in [-0.39, 0.29) is 23.9 Å². The van der Waals surface area contributed by atoms with Gasteiger partial charge in [-0.2, -0.15) is 0 Å². The third kappa shape index (κ3) is 6.93. The van der Waals surface area contributed by atoms with E-state index in [9.17, 15) is 14.4 Å². The second-order valence-corrected chi connectivity index (χ2v) is 10.0. The highest BCUT2D eigenvalue weighted by molar-refractivity contribution is 6.30. The van der Waals surface area contributed by atoms with Crippen molar-refractivity contribution in [2.45, 2.75) is 44.2 Å². The number of halogens is 1. The molecule has 0 radical (unpaired) electrons. The van der Waals surface area contributed by atoms with E-state index in [0.29, 0.717) is 48.0 Å². The van der Waals surface area contributed by atoms with Gasteiger partial charge in [0.05, 0.1) is 18.5 Å². The van der Waals surface area contributed by atoms with Crippen molar-refractivity contribution < 1.29 is 19.1 Å². The van der Waals surface area contributed by atoms with Gasteiger partial charge in [0.25, 0.3) is 11.8 Å². The van der Waals surface area contributed by atoms with E-state index in [1.807, 2.05) is 11.0 Å².